The molecule has 0 aliphatic rings. The third-order valence-electron chi connectivity index (χ3n) is 4.59. The summed E-state index contributed by atoms with van der Waals surface area (Å²) in [5.41, 5.74) is 2.22. The molecule has 0 atom stereocenters. The number of hydrogen-bond acceptors (Lipinski definition) is 5. The second-order valence-corrected chi connectivity index (χ2v) is 10.5. The maximum atomic E-state index is 13.9. The number of carbonyl (C=O) groups excluding carboxylic acids is 1. The zero-order chi connectivity index (χ0) is 25.2. The zero-order valence-corrected chi connectivity index (χ0v) is 20.4. The van der Waals surface area contributed by atoms with Crippen molar-refractivity contribution in [2.45, 2.75) is 0 Å². The van der Waals surface area contributed by atoms with Gasteiger partial charge in [-0.2, -0.15) is 0 Å². The third kappa shape index (κ3) is 6.32. The van der Waals surface area contributed by atoms with Gasteiger partial charge in [0.05, 0.1) is 22.5 Å². The van der Waals surface area contributed by atoms with Crippen LogP contribution in [0.2, 0.25) is 5.02 Å². The molecule has 0 aliphatic carbocycles. The second kappa shape index (κ2) is 9.98. The minimum atomic E-state index is -3.42. The van der Waals surface area contributed by atoms with Crippen LogP contribution in [0.4, 0.5) is 30.1 Å². The van der Waals surface area contributed by atoms with Gasteiger partial charge in [0.15, 0.2) is 5.13 Å². The number of sulfonamides is 1. The molecule has 0 aliphatic heterocycles. The normalized spacial score (nSPS) is 11.2. The Morgan fingerprint density at radius 2 is 1.60 bits per heavy atom. The summed E-state index contributed by atoms with van der Waals surface area (Å²) in [6, 6.07) is 15.7. The number of anilines is 3. The fourth-order valence-corrected chi connectivity index (χ4v) is 4.80. The molecule has 0 radical (unpaired) electrons. The molecule has 35 heavy (non-hydrogen) atoms. The van der Waals surface area contributed by atoms with Crippen molar-refractivity contribution in [3.8, 4) is 21.7 Å². The predicted octanol–water partition coefficient (Wildman–Crippen LogP) is 6.42. The van der Waals surface area contributed by atoms with Crippen molar-refractivity contribution >= 4 is 55.5 Å². The van der Waals surface area contributed by atoms with Gasteiger partial charge in [-0.3, -0.25) is 10.0 Å². The highest BCUT2D eigenvalue weighted by atomic mass is 35.5. The highest BCUT2D eigenvalue weighted by Gasteiger charge is 2.18. The van der Waals surface area contributed by atoms with E-state index >= 15 is 0 Å². The Hall–Kier alpha value is -3.54. The summed E-state index contributed by atoms with van der Waals surface area (Å²) < 4.78 is 52.4. The minimum absolute atomic E-state index is 0.187. The lowest BCUT2D eigenvalue weighted by molar-refractivity contribution is 0.262. The molecular weight excluding hydrogens is 518 g/mol. The maximum absolute atomic E-state index is 13.9. The van der Waals surface area contributed by atoms with E-state index < -0.39 is 27.7 Å². The first kappa shape index (κ1) is 24.6. The lowest BCUT2D eigenvalue weighted by atomic mass is 10.1. The minimum Gasteiger partial charge on any atom is -0.305 e. The molecule has 0 bridgehead atoms. The molecule has 3 aromatic carbocycles. The lowest BCUT2D eigenvalue weighted by Crippen LogP contribution is -2.20. The van der Waals surface area contributed by atoms with E-state index in [2.05, 4.69) is 20.3 Å². The van der Waals surface area contributed by atoms with Gasteiger partial charge < -0.3 is 5.32 Å². The fraction of sp³-hybridized carbons (Fsp3) is 0.0435. The Bertz CT molecular complexity index is 1490. The predicted molar refractivity (Wildman–Crippen MR) is 135 cm³/mol. The zero-order valence-electron chi connectivity index (χ0n) is 18.0. The van der Waals surface area contributed by atoms with Crippen LogP contribution in [0.1, 0.15) is 0 Å². The van der Waals surface area contributed by atoms with E-state index in [4.69, 9.17) is 11.6 Å². The first-order chi connectivity index (χ1) is 16.6. The molecule has 7 nitrogen and oxygen atoms in total. The number of rotatable bonds is 6. The van der Waals surface area contributed by atoms with Crippen LogP contribution >= 0.6 is 22.9 Å². The van der Waals surface area contributed by atoms with E-state index in [1.54, 1.807) is 48.5 Å². The number of nitrogens with zero attached hydrogens (tertiary/aromatic N) is 1. The first-order valence-electron chi connectivity index (χ1n) is 9.95. The van der Waals surface area contributed by atoms with Gasteiger partial charge in [-0.25, -0.2) is 27.0 Å². The summed E-state index contributed by atoms with van der Waals surface area (Å²) >= 11 is 7.17. The summed E-state index contributed by atoms with van der Waals surface area (Å²) in [5.74, 6) is -1.67. The molecular formula is C23H17ClF2N4O3S2. The number of halogens is 3. The van der Waals surface area contributed by atoms with Gasteiger partial charge in [-0.1, -0.05) is 47.2 Å². The Labute approximate surface area is 208 Å². The SMILES string of the molecule is CS(=O)(=O)Nc1ccc(-c2sc(NC(=O)Nc3ccc(F)cc3F)nc2-c2ccc(Cl)cc2)cc1. The first-order valence-corrected chi connectivity index (χ1v) is 13.0. The molecule has 4 rings (SSSR count). The average molecular weight is 535 g/mol. The van der Waals surface area contributed by atoms with Crippen molar-refractivity contribution in [2.75, 3.05) is 21.6 Å². The number of benzene rings is 3. The van der Waals surface area contributed by atoms with Gasteiger partial charge in [0.2, 0.25) is 10.0 Å². The third-order valence-corrected chi connectivity index (χ3v) is 6.47. The summed E-state index contributed by atoms with van der Waals surface area (Å²) in [6.07, 6.45) is 1.06. The number of aromatic nitrogens is 1. The maximum Gasteiger partial charge on any atom is 0.325 e. The van der Waals surface area contributed by atoms with E-state index in [-0.39, 0.29) is 10.8 Å². The molecule has 0 saturated carbocycles. The van der Waals surface area contributed by atoms with Crippen molar-refractivity contribution < 1.29 is 22.0 Å². The van der Waals surface area contributed by atoms with Crippen molar-refractivity contribution in [3.05, 3.63) is 83.4 Å². The van der Waals surface area contributed by atoms with Crippen molar-refractivity contribution in [3.63, 3.8) is 0 Å². The van der Waals surface area contributed by atoms with Crippen LogP contribution in [-0.2, 0) is 10.0 Å². The number of carbonyl (C=O) groups is 1. The van der Waals surface area contributed by atoms with Gasteiger partial charge in [-0.15, -0.1) is 0 Å². The number of amides is 2. The monoisotopic (exact) mass is 534 g/mol. The molecule has 3 N–H and O–H groups in total. The van der Waals surface area contributed by atoms with Crippen LogP contribution in [0.3, 0.4) is 0 Å². The molecule has 0 saturated heterocycles. The summed E-state index contributed by atoms with van der Waals surface area (Å²) in [5, 5.41) is 5.66. The second-order valence-electron chi connectivity index (χ2n) is 7.36. The Morgan fingerprint density at radius 1 is 0.943 bits per heavy atom. The summed E-state index contributed by atoms with van der Waals surface area (Å²) in [7, 11) is -3.42. The van der Waals surface area contributed by atoms with Crippen molar-refractivity contribution in [2.24, 2.45) is 0 Å². The quantitative estimate of drug-likeness (QED) is 0.265. The van der Waals surface area contributed by atoms with Crippen LogP contribution in [-0.4, -0.2) is 25.7 Å². The van der Waals surface area contributed by atoms with E-state index in [0.29, 0.717) is 27.3 Å². The van der Waals surface area contributed by atoms with Crippen LogP contribution < -0.4 is 15.4 Å². The molecule has 180 valence electrons. The lowest BCUT2D eigenvalue weighted by Gasteiger charge is -2.06. The smallest absolute Gasteiger partial charge is 0.305 e. The molecule has 1 aromatic heterocycles. The summed E-state index contributed by atoms with van der Waals surface area (Å²) in [6.45, 7) is 0. The van der Waals surface area contributed by atoms with Gasteiger partial charge in [-0.05, 0) is 42.0 Å². The molecule has 0 fully saturated rings. The van der Waals surface area contributed by atoms with E-state index in [1.807, 2.05) is 0 Å². The van der Waals surface area contributed by atoms with E-state index in [9.17, 15) is 22.0 Å². The molecule has 2 amide bonds. The topological polar surface area (TPSA) is 100 Å². The Morgan fingerprint density at radius 3 is 2.23 bits per heavy atom. The number of thiazole rings is 1. The largest absolute Gasteiger partial charge is 0.325 e. The Kier molecular flexibility index (Phi) is 7.01. The van der Waals surface area contributed by atoms with Crippen LogP contribution in [0.15, 0.2) is 66.7 Å². The average Bonchev–Trinajstić information content (AvgIpc) is 3.19. The van der Waals surface area contributed by atoms with Gasteiger partial charge in [0.1, 0.15) is 11.6 Å². The fourth-order valence-electron chi connectivity index (χ4n) is 3.12. The highest BCUT2D eigenvalue weighted by Crippen LogP contribution is 2.39. The highest BCUT2D eigenvalue weighted by molar-refractivity contribution is 7.92. The van der Waals surface area contributed by atoms with Crippen LogP contribution in [0, 0.1) is 11.6 Å². The van der Waals surface area contributed by atoms with Crippen molar-refractivity contribution in [1.29, 1.82) is 0 Å². The van der Waals surface area contributed by atoms with Gasteiger partial charge >= 0.3 is 6.03 Å². The van der Waals surface area contributed by atoms with Gasteiger partial charge in [0.25, 0.3) is 0 Å². The number of nitrogens with one attached hydrogen (secondary N) is 3. The Balaban J connectivity index is 1.64. The van der Waals surface area contributed by atoms with E-state index in [0.717, 1.165) is 29.5 Å². The van der Waals surface area contributed by atoms with Crippen molar-refractivity contribution in [1.82, 2.24) is 4.98 Å². The molecule has 1 heterocycles. The van der Waals surface area contributed by atoms with Crippen LogP contribution in [0.5, 0.6) is 0 Å². The number of urea groups is 1. The molecule has 0 spiro atoms. The van der Waals surface area contributed by atoms with Gasteiger partial charge in [0, 0.05) is 22.3 Å². The molecule has 12 heteroatoms. The molecule has 4 aromatic rings. The standard InChI is InChI=1S/C23H17ClF2N4O3S2/c1-35(32,33)30-17-9-4-14(5-10-17)21-20(13-2-6-15(24)7-3-13)28-23(34-21)29-22(31)27-19-11-8-16(25)12-18(19)26/h2-12,30H,1H3,(H2,27,28,29,31). The van der Waals surface area contributed by atoms with E-state index in [1.165, 1.54) is 11.3 Å². The summed E-state index contributed by atoms with van der Waals surface area (Å²) in [4.78, 5) is 17.7. The molecule has 0 unspecified atom stereocenters. The van der Waals surface area contributed by atoms with Crippen LogP contribution in [0.25, 0.3) is 21.7 Å². The number of hydrogen-bond donors (Lipinski definition) is 3.